The summed E-state index contributed by atoms with van der Waals surface area (Å²) in [6.45, 7) is 20.1. The Morgan fingerprint density at radius 2 is 1.62 bits per heavy atom. The number of ether oxygens (including phenoxy) is 1. The fraction of sp³-hybridized carbons (Fsp3) is 0.900. The highest BCUT2D eigenvalue weighted by molar-refractivity contribution is 5.66. The molecule has 4 nitrogen and oxygen atoms in total. The second-order valence-corrected chi connectivity index (χ2v) is 14.2. The summed E-state index contributed by atoms with van der Waals surface area (Å²) < 4.78 is 6.69. The average Bonchev–Trinajstić information content (AvgIpc) is 3.29. The molecule has 0 aromatic rings. The highest BCUT2D eigenvalue weighted by atomic mass is 16.5. The molecule has 0 spiro atoms. The van der Waals surface area contributed by atoms with Crippen molar-refractivity contribution in [3.8, 4) is 0 Å². The standard InChI is InChI=1S/C30H50O4/c1-19(2)20-11-17-29(7)23(27(20,5)15-14-25(31)32)10-9-21-22(12-16-28(21,29)6)30(8)18-13-24(34-30)26(3,4)33/h20-24,33H,1,9-18H2,2-8H3,(H,31,32)/t20-,21+,22-,23+,24+,27-,28+,29+,30-/m1/s1. The van der Waals surface area contributed by atoms with E-state index in [-0.39, 0.29) is 34.4 Å². The van der Waals surface area contributed by atoms with Gasteiger partial charge in [-0.2, -0.15) is 0 Å². The van der Waals surface area contributed by atoms with Gasteiger partial charge in [-0.1, -0.05) is 32.9 Å². The number of carboxylic acids is 1. The summed E-state index contributed by atoms with van der Waals surface area (Å²) in [5.41, 5.74) is 0.714. The second-order valence-electron chi connectivity index (χ2n) is 14.2. The zero-order valence-corrected chi connectivity index (χ0v) is 22.9. The third kappa shape index (κ3) is 3.81. The number of carboxylic acid groups (broad SMARTS) is 1. The molecule has 4 rings (SSSR count). The SMILES string of the molecule is C=C(C)[C@H]1CC[C@@]2(C)[C@@H](CC[C@H]3[C@H]([C@@]4(C)CC[C@@H](C(C)(C)O)O4)CC[C@@]32C)[C@]1(C)CCC(=O)O. The Morgan fingerprint density at radius 3 is 2.18 bits per heavy atom. The minimum Gasteiger partial charge on any atom is -0.481 e. The molecule has 1 aliphatic heterocycles. The quantitative estimate of drug-likeness (QED) is 0.407. The van der Waals surface area contributed by atoms with E-state index in [9.17, 15) is 15.0 Å². The smallest absolute Gasteiger partial charge is 0.303 e. The fourth-order valence-electron chi connectivity index (χ4n) is 10.0. The lowest BCUT2D eigenvalue weighted by Gasteiger charge is -2.66. The van der Waals surface area contributed by atoms with Crippen molar-refractivity contribution in [2.24, 2.45) is 39.9 Å². The third-order valence-corrected chi connectivity index (χ3v) is 12.0. The molecule has 0 radical (unpaired) electrons. The molecule has 4 aliphatic rings. The van der Waals surface area contributed by atoms with Crippen molar-refractivity contribution in [1.29, 1.82) is 0 Å². The summed E-state index contributed by atoms with van der Waals surface area (Å²) in [6.07, 6.45) is 10.0. The molecular formula is C30H50O4. The van der Waals surface area contributed by atoms with Crippen LogP contribution in [0.3, 0.4) is 0 Å². The van der Waals surface area contributed by atoms with Gasteiger partial charge in [0.2, 0.25) is 0 Å². The molecule has 1 heterocycles. The maximum Gasteiger partial charge on any atom is 0.303 e. The van der Waals surface area contributed by atoms with Gasteiger partial charge in [-0.3, -0.25) is 4.79 Å². The summed E-state index contributed by atoms with van der Waals surface area (Å²) >= 11 is 0. The third-order valence-electron chi connectivity index (χ3n) is 12.0. The van der Waals surface area contributed by atoms with Crippen molar-refractivity contribution >= 4 is 5.97 Å². The first-order valence-corrected chi connectivity index (χ1v) is 13.9. The number of carbonyl (C=O) groups is 1. The van der Waals surface area contributed by atoms with Crippen LogP contribution in [0.1, 0.15) is 113 Å². The minimum absolute atomic E-state index is 0.0109. The van der Waals surface area contributed by atoms with Gasteiger partial charge in [-0.15, -0.1) is 0 Å². The highest BCUT2D eigenvalue weighted by Crippen LogP contribution is 2.74. The number of rotatable bonds is 6. The maximum atomic E-state index is 11.6. The monoisotopic (exact) mass is 474 g/mol. The van der Waals surface area contributed by atoms with Crippen LogP contribution in [0.15, 0.2) is 12.2 Å². The molecular weight excluding hydrogens is 424 g/mol. The Kier molecular flexibility index (Phi) is 6.42. The van der Waals surface area contributed by atoms with Crippen molar-refractivity contribution in [3.05, 3.63) is 12.2 Å². The summed E-state index contributed by atoms with van der Waals surface area (Å²) in [7, 11) is 0. The first kappa shape index (κ1) is 26.2. The Labute approximate surface area is 207 Å². The summed E-state index contributed by atoms with van der Waals surface area (Å²) in [5.74, 6) is 1.42. The predicted octanol–water partition coefficient (Wildman–Crippen LogP) is 7.00. The van der Waals surface area contributed by atoms with Crippen LogP contribution in [-0.4, -0.2) is 33.5 Å². The molecule has 3 saturated carbocycles. The first-order chi connectivity index (χ1) is 15.6. The highest BCUT2D eigenvalue weighted by Gasteiger charge is 2.68. The van der Waals surface area contributed by atoms with Crippen molar-refractivity contribution < 1.29 is 19.7 Å². The molecule has 2 N–H and O–H groups in total. The van der Waals surface area contributed by atoms with E-state index >= 15 is 0 Å². The number of hydrogen-bond acceptors (Lipinski definition) is 3. The van der Waals surface area contributed by atoms with E-state index in [0.29, 0.717) is 23.7 Å². The minimum atomic E-state index is -0.795. The van der Waals surface area contributed by atoms with Crippen LogP contribution >= 0.6 is 0 Å². The van der Waals surface area contributed by atoms with E-state index in [1.165, 1.54) is 37.7 Å². The van der Waals surface area contributed by atoms with E-state index in [1.54, 1.807) is 0 Å². The zero-order valence-electron chi connectivity index (χ0n) is 22.9. The Balaban J connectivity index is 1.64. The van der Waals surface area contributed by atoms with Crippen molar-refractivity contribution in [3.63, 3.8) is 0 Å². The van der Waals surface area contributed by atoms with Crippen LogP contribution in [0, 0.1) is 39.9 Å². The van der Waals surface area contributed by atoms with Crippen LogP contribution in [-0.2, 0) is 9.53 Å². The Bertz CT molecular complexity index is 828. The summed E-state index contributed by atoms with van der Waals surface area (Å²) in [6, 6.07) is 0. The van der Waals surface area contributed by atoms with Gasteiger partial charge >= 0.3 is 5.97 Å². The summed E-state index contributed by atoms with van der Waals surface area (Å²) in [5, 5.41) is 20.2. The second kappa shape index (κ2) is 8.33. The van der Waals surface area contributed by atoms with E-state index < -0.39 is 11.6 Å². The number of fused-ring (bicyclic) bond motifs is 3. The van der Waals surface area contributed by atoms with Gasteiger partial charge in [0.05, 0.1) is 17.3 Å². The molecule has 0 unspecified atom stereocenters. The van der Waals surface area contributed by atoms with Gasteiger partial charge in [0.15, 0.2) is 0 Å². The molecule has 4 fully saturated rings. The number of aliphatic hydroxyl groups is 1. The van der Waals surface area contributed by atoms with Gasteiger partial charge < -0.3 is 14.9 Å². The number of allylic oxidation sites excluding steroid dienone is 1. The van der Waals surface area contributed by atoms with Crippen LogP contribution in [0.2, 0.25) is 0 Å². The lowest BCUT2D eigenvalue weighted by molar-refractivity contribution is -0.187. The molecule has 0 aromatic carbocycles. The van der Waals surface area contributed by atoms with Gasteiger partial charge in [0.25, 0.3) is 0 Å². The lowest BCUT2D eigenvalue weighted by Crippen LogP contribution is -2.60. The van der Waals surface area contributed by atoms with Crippen molar-refractivity contribution in [2.45, 2.75) is 130 Å². The molecule has 1 saturated heterocycles. The molecule has 0 amide bonds. The van der Waals surface area contributed by atoms with Gasteiger partial charge in [-0.05, 0) is 125 Å². The molecule has 0 bridgehead atoms. The maximum absolute atomic E-state index is 11.6. The van der Waals surface area contributed by atoms with Gasteiger partial charge in [0.1, 0.15) is 0 Å². The summed E-state index contributed by atoms with van der Waals surface area (Å²) in [4.78, 5) is 11.6. The van der Waals surface area contributed by atoms with Crippen molar-refractivity contribution in [2.75, 3.05) is 0 Å². The van der Waals surface area contributed by atoms with E-state index in [4.69, 9.17) is 4.74 Å². The van der Waals surface area contributed by atoms with Crippen LogP contribution < -0.4 is 0 Å². The topological polar surface area (TPSA) is 66.8 Å². The number of aliphatic carboxylic acids is 1. The van der Waals surface area contributed by atoms with Gasteiger partial charge in [-0.25, -0.2) is 0 Å². The zero-order chi connectivity index (χ0) is 25.3. The molecule has 9 atom stereocenters. The first-order valence-electron chi connectivity index (χ1n) is 13.9. The molecule has 4 heteroatoms. The number of hydrogen-bond donors (Lipinski definition) is 2. The lowest BCUT2D eigenvalue weighted by atomic mass is 9.38. The van der Waals surface area contributed by atoms with E-state index in [0.717, 1.165) is 25.7 Å². The Morgan fingerprint density at radius 1 is 0.971 bits per heavy atom. The van der Waals surface area contributed by atoms with Crippen LogP contribution in [0.4, 0.5) is 0 Å². The Hall–Kier alpha value is -0.870. The largest absolute Gasteiger partial charge is 0.481 e. The van der Waals surface area contributed by atoms with E-state index in [2.05, 4.69) is 41.2 Å². The van der Waals surface area contributed by atoms with E-state index in [1.807, 2.05) is 13.8 Å². The predicted molar refractivity (Wildman–Crippen MR) is 136 cm³/mol. The normalized spacial score (nSPS) is 48.9. The molecule has 194 valence electrons. The van der Waals surface area contributed by atoms with Crippen molar-refractivity contribution in [1.82, 2.24) is 0 Å². The molecule has 34 heavy (non-hydrogen) atoms. The van der Waals surface area contributed by atoms with Crippen LogP contribution in [0.25, 0.3) is 0 Å². The van der Waals surface area contributed by atoms with Crippen LogP contribution in [0.5, 0.6) is 0 Å². The fourth-order valence-corrected chi connectivity index (χ4v) is 10.0. The molecule has 3 aliphatic carbocycles. The molecule has 0 aromatic heterocycles. The average molecular weight is 475 g/mol. The van der Waals surface area contributed by atoms with Gasteiger partial charge in [0, 0.05) is 6.42 Å².